The monoisotopic (exact) mass is 339 g/mol. The molecule has 0 bridgehead atoms. The molecule has 8 heteroatoms. The van der Waals surface area contributed by atoms with E-state index in [-0.39, 0.29) is 11.3 Å². The number of halogens is 3. The molecule has 2 amide bonds. The topological polar surface area (TPSA) is 71.1 Å². The highest BCUT2D eigenvalue weighted by Crippen LogP contribution is 2.18. The Labute approximate surface area is 135 Å². The summed E-state index contributed by atoms with van der Waals surface area (Å²) in [6.45, 7) is 0. The van der Waals surface area contributed by atoms with Crippen LogP contribution in [-0.4, -0.2) is 23.8 Å². The third-order valence-electron chi connectivity index (χ3n) is 3.02. The van der Waals surface area contributed by atoms with Crippen LogP contribution in [0.25, 0.3) is 0 Å². The SMILES string of the molecule is CNC(=O)C(NC(=O)c1cc(Cl)ccn1)c1ccc(F)c(F)c1. The second kappa shape index (κ2) is 7.15. The Balaban J connectivity index is 2.30. The molecular weight excluding hydrogens is 328 g/mol. The first-order valence-electron chi connectivity index (χ1n) is 6.51. The van der Waals surface area contributed by atoms with Crippen molar-refractivity contribution in [2.24, 2.45) is 0 Å². The molecule has 0 fully saturated rings. The molecule has 0 radical (unpaired) electrons. The lowest BCUT2D eigenvalue weighted by Crippen LogP contribution is -2.39. The second-order valence-corrected chi connectivity index (χ2v) is 4.99. The van der Waals surface area contributed by atoms with Crippen LogP contribution in [0.3, 0.4) is 0 Å². The summed E-state index contributed by atoms with van der Waals surface area (Å²) in [6, 6.07) is 4.55. The quantitative estimate of drug-likeness (QED) is 0.897. The largest absolute Gasteiger partial charge is 0.357 e. The van der Waals surface area contributed by atoms with Crippen LogP contribution in [0.15, 0.2) is 36.5 Å². The van der Waals surface area contributed by atoms with Gasteiger partial charge in [0, 0.05) is 18.3 Å². The van der Waals surface area contributed by atoms with Crippen LogP contribution < -0.4 is 10.6 Å². The molecule has 0 aliphatic rings. The van der Waals surface area contributed by atoms with Gasteiger partial charge < -0.3 is 10.6 Å². The lowest BCUT2D eigenvalue weighted by Gasteiger charge is -2.17. The molecule has 0 saturated carbocycles. The molecule has 0 aliphatic heterocycles. The van der Waals surface area contributed by atoms with Gasteiger partial charge in [-0.3, -0.25) is 14.6 Å². The Bertz CT molecular complexity index is 755. The fourth-order valence-electron chi connectivity index (χ4n) is 1.87. The van der Waals surface area contributed by atoms with Crippen LogP contribution >= 0.6 is 11.6 Å². The van der Waals surface area contributed by atoms with Crippen molar-refractivity contribution in [1.29, 1.82) is 0 Å². The van der Waals surface area contributed by atoms with Gasteiger partial charge in [0.15, 0.2) is 11.6 Å². The number of pyridine rings is 1. The maximum Gasteiger partial charge on any atom is 0.270 e. The molecule has 1 heterocycles. The van der Waals surface area contributed by atoms with E-state index in [0.717, 1.165) is 12.1 Å². The molecule has 1 atom stereocenters. The van der Waals surface area contributed by atoms with E-state index in [9.17, 15) is 18.4 Å². The number of likely N-dealkylation sites (N-methyl/N-ethyl adjacent to an activating group) is 1. The van der Waals surface area contributed by atoms with Crippen molar-refractivity contribution in [2.75, 3.05) is 7.05 Å². The van der Waals surface area contributed by atoms with Crippen LogP contribution in [0.4, 0.5) is 8.78 Å². The summed E-state index contributed by atoms with van der Waals surface area (Å²) in [5.74, 6) is -3.43. The number of rotatable bonds is 4. The van der Waals surface area contributed by atoms with Crippen LogP contribution in [0.1, 0.15) is 22.1 Å². The molecule has 1 unspecified atom stereocenters. The van der Waals surface area contributed by atoms with E-state index < -0.39 is 29.5 Å². The summed E-state index contributed by atoms with van der Waals surface area (Å²) >= 11 is 5.78. The van der Waals surface area contributed by atoms with E-state index in [4.69, 9.17) is 11.6 Å². The van der Waals surface area contributed by atoms with Crippen LogP contribution in [0, 0.1) is 11.6 Å². The van der Waals surface area contributed by atoms with Crippen molar-refractivity contribution in [3.63, 3.8) is 0 Å². The number of hydrogen-bond acceptors (Lipinski definition) is 3. The highest BCUT2D eigenvalue weighted by atomic mass is 35.5. The number of amides is 2. The lowest BCUT2D eigenvalue weighted by molar-refractivity contribution is -0.122. The maximum atomic E-state index is 13.4. The highest BCUT2D eigenvalue weighted by molar-refractivity contribution is 6.30. The maximum absolute atomic E-state index is 13.4. The van der Waals surface area contributed by atoms with Gasteiger partial charge in [-0.15, -0.1) is 0 Å². The van der Waals surface area contributed by atoms with Crippen LogP contribution in [0.2, 0.25) is 5.02 Å². The molecule has 2 N–H and O–H groups in total. The van der Waals surface area contributed by atoms with Gasteiger partial charge in [-0.05, 0) is 29.8 Å². The fraction of sp³-hybridized carbons (Fsp3) is 0.133. The van der Waals surface area contributed by atoms with Gasteiger partial charge in [0.2, 0.25) is 5.91 Å². The zero-order valence-electron chi connectivity index (χ0n) is 11.9. The van der Waals surface area contributed by atoms with E-state index in [0.29, 0.717) is 5.02 Å². The third kappa shape index (κ3) is 4.01. The molecule has 23 heavy (non-hydrogen) atoms. The summed E-state index contributed by atoms with van der Waals surface area (Å²) < 4.78 is 26.4. The summed E-state index contributed by atoms with van der Waals surface area (Å²) in [4.78, 5) is 28.0. The Morgan fingerprint density at radius 3 is 2.52 bits per heavy atom. The van der Waals surface area contributed by atoms with Crippen LogP contribution in [-0.2, 0) is 4.79 Å². The Hall–Kier alpha value is -2.54. The van der Waals surface area contributed by atoms with Crippen molar-refractivity contribution >= 4 is 23.4 Å². The van der Waals surface area contributed by atoms with Gasteiger partial charge in [-0.2, -0.15) is 0 Å². The minimum absolute atomic E-state index is 0.00557. The van der Waals surface area contributed by atoms with E-state index in [1.165, 1.54) is 31.4 Å². The number of nitrogens with one attached hydrogen (secondary N) is 2. The van der Waals surface area contributed by atoms with E-state index in [1.807, 2.05) is 0 Å². The number of carbonyl (C=O) groups excluding carboxylic acids is 2. The van der Waals surface area contributed by atoms with Gasteiger partial charge in [0.1, 0.15) is 11.7 Å². The fourth-order valence-corrected chi connectivity index (χ4v) is 2.03. The minimum atomic E-state index is -1.21. The summed E-state index contributed by atoms with van der Waals surface area (Å²) in [6.07, 6.45) is 1.34. The number of hydrogen-bond donors (Lipinski definition) is 2. The first-order chi connectivity index (χ1) is 10.9. The van der Waals surface area contributed by atoms with E-state index >= 15 is 0 Å². The molecule has 120 valence electrons. The highest BCUT2D eigenvalue weighted by Gasteiger charge is 2.24. The molecular formula is C15H12ClF2N3O2. The molecule has 0 saturated heterocycles. The summed E-state index contributed by atoms with van der Waals surface area (Å²) in [5, 5.41) is 5.06. The first-order valence-corrected chi connectivity index (χ1v) is 6.89. The predicted molar refractivity (Wildman–Crippen MR) is 79.9 cm³/mol. The normalized spacial score (nSPS) is 11.7. The van der Waals surface area contributed by atoms with Crippen molar-refractivity contribution in [2.45, 2.75) is 6.04 Å². The van der Waals surface area contributed by atoms with Gasteiger partial charge in [-0.1, -0.05) is 17.7 Å². The zero-order valence-corrected chi connectivity index (χ0v) is 12.7. The number of nitrogens with zero attached hydrogens (tertiary/aromatic N) is 1. The van der Waals surface area contributed by atoms with Crippen molar-refractivity contribution in [3.05, 3.63) is 64.4 Å². The number of benzene rings is 1. The average molecular weight is 340 g/mol. The smallest absolute Gasteiger partial charge is 0.270 e. The summed E-state index contributed by atoms with van der Waals surface area (Å²) in [5.41, 5.74) is 0.0904. The molecule has 0 spiro atoms. The zero-order chi connectivity index (χ0) is 17.0. The molecule has 1 aromatic heterocycles. The Kier molecular flexibility index (Phi) is 5.23. The molecule has 2 aromatic rings. The minimum Gasteiger partial charge on any atom is -0.357 e. The molecule has 0 aliphatic carbocycles. The molecule has 5 nitrogen and oxygen atoms in total. The van der Waals surface area contributed by atoms with Gasteiger partial charge in [0.25, 0.3) is 5.91 Å². The van der Waals surface area contributed by atoms with Gasteiger partial charge in [-0.25, -0.2) is 8.78 Å². The van der Waals surface area contributed by atoms with Crippen molar-refractivity contribution in [3.8, 4) is 0 Å². The number of aromatic nitrogens is 1. The van der Waals surface area contributed by atoms with E-state index in [1.54, 1.807) is 0 Å². The molecule has 2 rings (SSSR count). The summed E-state index contributed by atoms with van der Waals surface area (Å²) in [7, 11) is 1.36. The predicted octanol–water partition coefficient (Wildman–Crippen LogP) is 2.23. The third-order valence-corrected chi connectivity index (χ3v) is 3.25. The van der Waals surface area contributed by atoms with Gasteiger partial charge >= 0.3 is 0 Å². The van der Waals surface area contributed by atoms with E-state index in [2.05, 4.69) is 15.6 Å². The van der Waals surface area contributed by atoms with Gasteiger partial charge in [0.05, 0.1) is 0 Å². The Morgan fingerprint density at radius 2 is 1.91 bits per heavy atom. The second-order valence-electron chi connectivity index (χ2n) is 4.55. The Morgan fingerprint density at radius 1 is 1.17 bits per heavy atom. The van der Waals surface area contributed by atoms with Crippen molar-refractivity contribution < 1.29 is 18.4 Å². The lowest BCUT2D eigenvalue weighted by atomic mass is 10.1. The standard InChI is InChI=1S/C15H12ClF2N3O2/c1-19-15(23)13(8-2-3-10(17)11(18)6-8)21-14(22)12-7-9(16)4-5-20-12/h2-7,13H,1H3,(H,19,23)(H,21,22). The van der Waals surface area contributed by atoms with Crippen molar-refractivity contribution in [1.82, 2.24) is 15.6 Å². The molecule has 1 aromatic carbocycles. The first kappa shape index (κ1) is 16.8. The number of carbonyl (C=O) groups is 2. The van der Waals surface area contributed by atoms with Crippen LogP contribution in [0.5, 0.6) is 0 Å². The average Bonchev–Trinajstić information content (AvgIpc) is 2.54.